The van der Waals surface area contributed by atoms with Crippen molar-refractivity contribution in [3.63, 3.8) is 0 Å². The Kier molecular flexibility index (Phi) is 7.89. The van der Waals surface area contributed by atoms with E-state index in [1.807, 2.05) is 0 Å². The third-order valence-corrected chi connectivity index (χ3v) is 10.0. The summed E-state index contributed by atoms with van der Waals surface area (Å²) in [5, 5.41) is 3.49. The number of nitrogens with zero attached hydrogens (tertiary/aromatic N) is 3. The van der Waals surface area contributed by atoms with Gasteiger partial charge in [-0.1, -0.05) is 6.92 Å². The number of nitrogens with one attached hydrogen (secondary N) is 1. The number of piperidine rings is 1. The maximum atomic E-state index is 13.2. The second-order valence-corrected chi connectivity index (χ2v) is 13.4. The molecular formula is C26H36N4O4S2. The minimum Gasteiger partial charge on any atom is -0.345 e. The number of anilines is 1. The molecule has 0 spiro atoms. The molecule has 0 aliphatic carbocycles. The number of fused-ring (bicyclic) bond motifs is 1. The largest absolute Gasteiger partial charge is 0.345 e. The van der Waals surface area contributed by atoms with Gasteiger partial charge < -0.3 is 10.2 Å². The molecule has 2 aromatic rings. The van der Waals surface area contributed by atoms with Crippen LogP contribution in [0.3, 0.4) is 0 Å². The van der Waals surface area contributed by atoms with Crippen molar-refractivity contribution < 1.29 is 18.0 Å². The molecule has 0 bridgehead atoms. The highest BCUT2D eigenvalue weighted by atomic mass is 32.2. The van der Waals surface area contributed by atoms with E-state index >= 15 is 0 Å². The molecule has 1 fully saturated rings. The molecule has 2 aliphatic rings. The number of amides is 2. The zero-order valence-corrected chi connectivity index (χ0v) is 23.3. The number of hydrogen-bond donors (Lipinski definition) is 1. The molecule has 1 aromatic heterocycles. The number of sulfonamides is 1. The normalized spacial score (nSPS) is 19.2. The third kappa shape index (κ3) is 5.37. The number of carbonyl (C=O) groups excluding carboxylic acids is 2. The van der Waals surface area contributed by atoms with E-state index in [2.05, 4.69) is 31.0 Å². The summed E-state index contributed by atoms with van der Waals surface area (Å²) >= 11 is 1.45. The lowest BCUT2D eigenvalue weighted by molar-refractivity contribution is 0.0827. The number of carbonyl (C=O) groups is 2. The Morgan fingerprint density at radius 1 is 1.14 bits per heavy atom. The van der Waals surface area contributed by atoms with Crippen molar-refractivity contribution in [3.05, 3.63) is 45.8 Å². The zero-order valence-electron chi connectivity index (χ0n) is 21.7. The lowest BCUT2D eigenvalue weighted by Crippen LogP contribution is -2.39. The molecule has 3 heterocycles. The Morgan fingerprint density at radius 2 is 1.83 bits per heavy atom. The van der Waals surface area contributed by atoms with Crippen molar-refractivity contribution in [1.82, 2.24) is 14.1 Å². The van der Waals surface area contributed by atoms with Gasteiger partial charge in [-0.25, -0.2) is 8.42 Å². The SMILES string of the molecule is CC1CCCN(S(=O)(=O)c2ccc(C(=O)Nc3sc4c(c3C(=O)N(C)C)CCN(C(C)C)C4)cc2)C1. The summed E-state index contributed by atoms with van der Waals surface area (Å²) in [6.45, 7) is 9.04. The van der Waals surface area contributed by atoms with Crippen molar-refractivity contribution >= 4 is 38.2 Å². The molecule has 196 valence electrons. The minimum atomic E-state index is -3.59. The van der Waals surface area contributed by atoms with Gasteiger partial charge in [0, 0.05) is 56.8 Å². The van der Waals surface area contributed by atoms with Crippen LogP contribution in [0.2, 0.25) is 0 Å². The second kappa shape index (κ2) is 10.6. The molecule has 4 rings (SSSR count). The second-order valence-electron chi connectivity index (χ2n) is 10.3. The van der Waals surface area contributed by atoms with Crippen LogP contribution < -0.4 is 5.32 Å². The quantitative estimate of drug-likeness (QED) is 0.610. The van der Waals surface area contributed by atoms with E-state index in [4.69, 9.17) is 0 Å². The van der Waals surface area contributed by atoms with Gasteiger partial charge in [0.2, 0.25) is 10.0 Å². The zero-order chi connectivity index (χ0) is 26.2. The van der Waals surface area contributed by atoms with Gasteiger partial charge in [-0.3, -0.25) is 14.5 Å². The van der Waals surface area contributed by atoms with Crippen molar-refractivity contribution in [3.8, 4) is 0 Å². The van der Waals surface area contributed by atoms with Crippen molar-refractivity contribution in [2.75, 3.05) is 39.0 Å². The van der Waals surface area contributed by atoms with Crippen molar-refractivity contribution in [2.24, 2.45) is 5.92 Å². The fourth-order valence-corrected chi connectivity index (χ4v) is 7.73. The van der Waals surface area contributed by atoms with Crippen molar-refractivity contribution in [2.45, 2.75) is 57.5 Å². The Morgan fingerprint density at radius 3 is 2.44 bits per heavy atom. The van der Waals surface area contributed by atoms with E-state index in [1.54, 1.807) is 14.1 Å². The predicted octanol–water partition coefficient (Wildman–Crippen LogP) is 3.89. The number of rotatable bonds is 6. The summed E-state index contributed by atoms with van der Waals surface area (Å²) in [7, 11) is -0.166. The molecule has 1 atom stereocenters. The summed E-state index contributed by atoms with van der Waals surface area (Å²) in [5.74, 6) is -0.155. The van der Waals surface area contributed by atoms with Gasteiger partial charge in [-0.15, -0.1) is 11.3 Å². The molecule has 10 heteroatoms. The predicted molar refractivity (Wildman–Crippen MR) is 143 cm³/mol. The van der Waals surface area contributed by atoms with Crippen LogP contribution >= 0.6 is 11.3 Å². The van der Waals surface area contributed by atoms with E-state index in [1.165, 1.54) is 44.8 Å². The molecule has 8 nitrogen and oxygen atoms in total. The highest BCUT2D eigenvalue weighted by Gasteiger charge is 2.31. The van der Waals surface area contributed by atoms with E-state index < -0.39 is 10.0 Å². The molecule has 36 heavy (non-hydrogen) atoms. The summed E-state index contributed by atoms with van der Waals surface area (Å²) in [6.07, 6.45) is 2.65. The van der Waals surface area contributed by atoms with Crippen LogP contribution in [0.25, 0.3) is 0 Å². The van der Waals surface area contributed by atoms with Crippen LogP contribution in [0.1, 0.15) is 64.8 Å². The summed E-state index contributed by atoms with van der Waals surface area (Å²) in [6, 6.07) is 6.47. The Bertz CT molecular complexity index is 1240. The van der Waals surface area contributed by atoms with Crippen LogP contribution in [0, 0.1) is 5.92 Å². The number of hydrogen-bond acceptors (Lipinski definition) is 6. The van der Waals surface area contributed by atoms with Gasteiger partial charge in [0.15, 0.2) is 0 Å². The maximum absolute atomic E-state index is 13.2. The first-order valence-electron chi connectivity index (χ1n) is 12.5. The molecule has 2 amide bonds. The van der Waals surface area contributed by atoms with Crippen molar-refractivity contribution in [1.29, 1.82) is 0 Å². The highest BCUT2D eigenvalue weighted by molar-refractivity contribution is 7.89. The van der Waals surface area contributed by atoms with E-state index in [0.29, 0.717) is 41.2 Å². The molecule has 1 saturated heterocycles. The molecule has 0 saturated carbocycles. The number of thiophene rings is 1. The van der Waals surface area contributed by atoms with Crippen LogP contribution in [-0.2, 0) is 23.0 Å². The summed E-state index contributed by atoms with van der Waals surface area (Å²) < 4.78 is 27.6. The molecule has 2 aliphatic heterocycles. The Hall–Kier alpha value is -2.27. The van der Waals surface area contributed by atoms with Gasteiger partial charge in [-0.2, -0.15) is 4.31 Å². The summed E-state index contributed by atoms with van der Waals surface area (Å²) in [4.78, 5) is 31.4. The minimum absolute atomic E-state index is 0.127. The fourth-order valence-electron chi connectivity index (χ4n) is 4.87. The average Bonchev–Trinajstić information content (AvgIpc) is 3.20. The first-order valence-corrected chi connectivity index (χ1v) is 14.8. The van der Waals surface area contributed by atoms with E-state index in [0.717, 1.165) is 42.8 Å². The van der Waals surface area contributed by atoms with Gasteiger partial charge >= 0.3 is 0 Å². The molecule has 1 N–H and O–H groups in total. The smallest absolute Gasteiger partial charge is 0.256 e. The lowest BCUT2D eigenvalue weighted by atomic mass is 10.0. The van der Waals surface area contributed by atoms with Crippen LogP contribution in [0.4, 0.5) is 5.00 Å². The lowest BCUT2D eigenvalue weighted by Gasteiger charge is -2.30. The monoisotopic (exact) mass is 532 g/mol. The Balaban J connectivity index is 1.56. The molecule has 0 radical (unpaired) electrons. The van der Waals surface area contributed by atoms with Crippen LogP contribution in [0.15, 0.2) is 29.2 Å². The molecule has 1 aromatic carbocycles. The standard InChI is InChI=1S/C26H36N4O4S2/c1-17(2)29-14-12-21-22(16-29)35-25(23(21)26(32)28(4)5)27-24(31)19-8-10-20(11-9-19)36(33,34)30-13-6-7-18(3)15-30/h8-11,17-18H,6-7,12-16H2,1-5H3,(H,27,31). The van der Waals surface area contributed by atoms with Crippen LogP contribution in [-0.4, -0.2) is 74.1 Å². The molecule has 1 unspecified atom stereocenters. The van der Waals surface area contributed by atoms with Gasteiger partial charge in [-0.05, 0) is 68.9 Å². The first kappa shape index (κ1) is 26.8. The van der Waals surface area contributed by atoms with Gasteiger partial charge in [0.25, 0.3) is 11.8 Å². The third-order valence-electron chi connectivity index (χ3n) is 7.04. The van der Waals surface area contributed by atoms with E-state index in [9.17, 15) is 18.0 Å². The fraction of sp³-hybridized carbons (Fsp3) is 0.538. The maximum Gasteiger partial charge on any atom is 0.256 e. The number of benzene rings is 1. The molecular weight excluding hydrogens is 496 g/mol. The summed E-state index contributed by atoms with van der Waals surface area (Å²) in [5.41, 5.74) is 1.93. The average molecular weight is 533 g/mol. The van der Waals surface area contributed by atoms with Gasteiger partial charge in [0.05, 0.1) is 10.5 Å². The Labute approximate surface area is 218 Å². The van der Waals surface area contributed by atoms with Gasteiger partial charge in [0.1, 0.15) is 5.00 Å². The van der Waals surface area contributed by atoms with E-state index in [-0.39, 0.29) is 16.7 Å². The topological polar surface area (TPSA) is 90.0 Å². The first-order chi connectivity index (χ1) is 17.0. The van der Waals surface area contributed by atoms with Crippen LogP contribution in [0.5, 0.6) is 0 Å². The highest BCUT2D eigenvalue weighted by Crippen LogP contribution is 2.38.